The molecule has 28 heavy (non-hydrogen) atoms. The summed E-state index contributed by atoms with van der Waals surface area (Å²) in [5, 5.41) is 1.86. The van der Waals surface area contributed by atoms with Crippen molar-refractivity contribution in [1.82, 2.24) is 9.88 Å². The molecule has 0 spiro atoms. The molecule has 0 bridgehead atoms. The van der Waals surface area contributed by atoms with Gasteiger partial charge in [0.25, 0.3) is 0 Å². The van der Waals surface area contributed by atoms with Crippen LogP contribution in [0.25, 0.3) is 21.9 Å². The van der Waals surface area contributed by atoms with Crippen LogP contribution >= 0.6 is 0 Å². The molecule has 0 radical (unpaired) electrons. The monoisotopic (exact) mass is 373 g/mol. The van der Waals surface area contributed by atoms with Crippen LogP contribution in [0.3, 0.4) is 0 Å². The fourth-order valence-electron chi connectivity index (χ4n) is 4.43. The first-order valence-corrected chi connectivity index (χ1v) is 9.90. The molecule has 2 N–H and O–H groups in total. The van der Waals surface area contributed by atoms with Gasteiger partial charge in [0, 0.05) is 31.1 Å². The van der Waals surface area contributed by atoms with Crippen molar-refractivity contribution in [3.63, 3.8) is 0 Å². The van der Waals surface area contributed by atoms with Crippen molar-refractivity contribution in [2.24, 2.45) is 5.92 Å². The van der Waals surface area contributed by atoms with Crippen LogP contribution in [-0.4, -0.2) is 35.8 Å². The summed E-state index contributed by atoms with van der Waals surface area (Å²) in [4.78, 5) is 19.5. The number of pyridine rings is 1. The summed E-state index contributed by atoms with van der Waals surface area (Å²) < 4.78 is 0. The van der Waals surface area contributed by atoms with Crippen LogP contribution in [0.2, 0.25) is 0 Å². The van der Waals surface area contributed by atoms with Gasteiger partial charge in [-0.1, -0.05) is 30.3 Å². The van der Waals surface area contributed by atoms with Gasteiger partial charge in [0.15, 0.2) is 5.78 Å². The van der Waals surface area contributed by atoms with Crippen molar-refractivity contribution in [2.45, 2.75) is 26.7 Å². The number of Topliss-reactive ketones (excluding diaryl/α,β-unsaturated/α-hetero) is 1. The zero-order valence-corrected chi connectivity index (χ0v) is 16.8. The lowest BCUT2D eigenvalue weighted by atomic mass is 9.90. The average molecular weight is 374 g/mol. The Hall–Kier alpha value is -2.72. The molecule has 1 aliphatic heterocycles. The second-order valence-electron chi connectivity index (χ2n) is 8.14. The van der Waals surface area contributed by atoms with E-state index in [4.69, 9.17) is 5.73 Å². The molecule has 4 heteroatoms. The number of aryl methyl sites for hydroxylation is 2. The van der Waals surface area contributed by atoms with Gasteiger partial charge in [-0.25, -0.2) is 4.98 Å². The topological polar surface area (TPSA) is 59.2 Å². The normalized spacial score (nSPS) is 15.0. The maximum Gasteiger partial charge on any atom is 0.167 e. The van der Waals surface area contributed by atoms with Gasteiger partial charge in [-0.3, -0.25) is 4.79 Å². The van der Waals surface area contributed by atoms with E-state index in [1.807, 2.05) is 6.07 Å². The molecule has 2 heterocycles. The molecular weight excluding hydrogens is 346 g/mol. The quantitative estimate of drug-likeness (QED) is 0.663. The zero-order chi connectivity index (χ0) is 19.8. The number of nitrogens with two attached hydrogens (primary N) is 1. The third-order valence-electron chi connectivity index (χ3n) is 5.89. The Balaban J connectivity index is 1.68. The number of aromatic nitrogens is 1. The van der Waals surface area contributed by atoms with Gasteiger partial charge in [0.2, 0.25) is 0 Å². The maximum atomic E-state index is 12.9. The molecule has 0 aliphatic carbocycles. The molecule has 1 aromatic heterocycles. The number of benzene rings is 2. The Morgan fingerprint density at radius 3 is 2.57 bits per heavy atom. The molecule has 4 rings (SSSR count). The second-order valence-corrected chi connectivity index (χ2v) is 8.14. The summed E-state index contributed by atoms with van der Waals surface area (Å²) in [5.41, 5.74) is 11.6. The summed E-state index contributed by atoms with van der Waals surface area (Å²) >= 11 is 0. The third-order valence-corrected chi connectivity index (χ3v) is 5.89. The molecule has 0 saturated carbocycles. The SMILES string of the molecule is Cc1cccc(C)c1-c1ccc2c(C(=O)CCC3CN(C)C3)c(N)ncc2c1. The number of fused-ring (bicyclic) bond motifs is 1. The minimum atomic E-state index is 0.102. The van der Waals surface area contributed by atoms with Crippen LogP contribution in [0.15, 0.2) is 42.6 Å². The summed E-state index contributed by atoms with van der Waals surface area (Å²) in [6.45, 7) is 6.41. The van der Waals surface area contributed by atoms with Gasteiger partial charge in [0.05, 0.1) is 5.56 Å². The largest absolute Gasteiger partial charge is 0.383 e. The molecule has 1 aliphatic rings. The summed E-state index contributed by atoms with van der Waals surface area (Å²) in [5.74, 6) is 1.06. The minimum absolute atomic E-state index is 0.102. The molecule has 1 fully saturated rings. The van der Waals surface area contributed by atoms with Crippen LogP contribution in [0.4, 0.5) is 5.82 Å². The van der Waals surface area contributed by atoms with E-state index in [1.54, 1.807) is 6.20 Å². The number of likely N-dealkylation sites (tertiary alicyclic amines) is 1. The minimum Gasteiger partial charge on any atom is -0.383 e. The highest BCUT2D eigenvalue weighted by Gasteiger charge is 2.25. The van der Waals surface area contributed by atoms with Crippen molar-refractivity contribution < 1.29 is 4.79 Å². The van der Waals surface area contributed by atoms with Crippen molar-refractivity contribution in [2.75, 3.05) is 25.9 Å². The summed E-state index contributed by atoms with van der Waals surface area (Å²) in [6, 6.07) is 12.6. The number of ketones is 1. The second kappa shape index (κ2) is 7.36. The molecule has 4 nitrogen and oxygen atoms in total. The van der Waals surface area contributed by atoms with E-state index in [-0.39, 0.29) is 5.78 Å². The molecule has 144 valence electrons. The van der Waals surface area contributed by atoms with E-state index in [2.05, 4.69) is 61.1 Å². The number of hydrogen-bond donors (Lipinski definition) is 1. The highest BCUT2D eigenvalue weighted by atomic mass is 16.1. The molecule has 0 atom stereocenters. The first-order chi connectivity index (χ1) is 13.4. The van der Waals surface area contributed by atoms with Crippen molar-refractivity contribution >= 4 is 22.4 Å². The zero-order valence-electron chi connectivity index (χ0n) is 16.8. The van der Waals surface area contributed by atoms with Crippen LogP contribution in [-0.2, 0) is 0 Å². The molecule has 1 saturated heterocycles. The first kappa shape index (κ1) is 18.6. The number of hydrogen-bond acceptors (Lipinski definition) is 4. The van der Waals surface area contributed by atoms with Crippen LogP contribution in [0.5, 0.6) is 0 Å². The standard InChI is InChI=1S/C24H27N3O/c1-15-5-4-6-16(2)22(15)18-8-9-20-19(11-18)12-26-24(25)23(20)21(28)10-7-17-13-27(3)14-17/h4-6,8-9,11-12,17H,7,10,13-14H2,1-3H3,(H2,25,26). The lowest BCUT2D eigenvalue weighted by molar-refractivity contribution is 0.0918. The van der Waals surface area contributed by atoms with Gasteiger partial charge in [-0.2, -0.15) is 0 Å². The average Bonchev–Trinajstić information content (AvgIpc) is 2.64. The van der Waals surface area contributed by atoms with Crippen molar-refractivity contribution in [1.29, 1.82) is 0 Å². The summed E-state index contributed by atoms with van der Waals surface area (Å²) in [7, 11) is 2.11. The molecule has 3 aromatic rings. The Bertz CT molecular complexity index is 1030. The smallest absolute Gasteiger partial charge is 0.167 e. The Morgan fingerprint density at radius 2 is 1.89 bits per heavy atom. The van der Waals surface area contributed by atoms with Gasteiger partial charge >= 0.3 is 0 Å². The Labute approximate surface area is 166 Å². The van der Waals surface area contributed by atoms with E-state index in [9.17, 15) is 4.79 Å². The van der Waals surface area contributed by atoms with Crippen LogP contribution in [0.1, 0.15) is 34.3 Å². The number of nitrogen functional groups attached to an aromatic ring is 1. The van der Waals surface area contributed by atoms with Gasteiger partial charge < -0.3 is 10.6 Å². The van der Waals surface area contributed by atoms with E-state index in [0.29, 0.717) is 23.7 Å². The lowest BCUT2D eigenvalue weighted by Crippen LogP contribution is -2.43. The fraction of sp³-hybridized carbons (Fsp3) is 0.333. The van der Waals surface area contributed by atoms with Crippen molar-refractivity contribution in [3.8, 4) is 11.1 Å². The molecule has 2 aromatic carbocycles. The predicted octanol–water partition coefficient (Wildman–Crippen LogP) is 4.63. The van der Waals surface area contributed by atoms with Gasteiger partial charge in [0.1, 0.15) is 5.82 Å². The third kappa shape index (κ3) is 3.40. The van der Waals surface area contributed by atoms with Gasteiger partial charge in [-0.05, 0) is 66.9 Å². The molecule has 0 unspecified atom stereocenters. The highest BCUT2D eigenvalue weighted by molar-refractivity contribution is 6.11. The number of rotatable bonds is 5. The van der Waals surface area contributed by atoms with E-state index < -0.39 is 0 Å². The van der Waals surface area contributed by atoms with E-state index in [0.717, 1.165) is 35.8 Å². The number of carbonyl (C=O) groups is 1. The number of nitrogens with zero attached hydrogens (tertiary/aromatic N) is 2. The van der Waals surface area contributed by atoms with E-state index in [1.165, 1.54) is 16.7 Å². The predicted molar refractivity (Wildman–Crippen MR) is 116 cm³/mol. The highest BCUT2D eigenvalue weighted by Crippen LogP contribution is 2.32. The molecule has 0 amide bonds. The number of carbonyl (C=O) groups excluding carboxylic acids is 1. The Kier molecular flexibility index (Phi) is 4.90. The summed E-state index contributed by atoms with van der Waals surface area (Å²) in [6.07, 6.45) is 3.22. The first-order valence-electron chi connectivity index (χ1n) is 9.90. The van der Waals surface area contributed by atoms with Crippen molar-refractivity contribution in [3.05, 3.63) is 59.3 Å². The van der Waals surface area contributed by atoms with Gasteiger partial charge in [-0.15, -0.1) is 0 Å². The lowest BCUT2D eigenvalue weighted by Gasteiger charge is -2.36. The van der Waals surface area contributed by atoms with E-state index >= 15 is 0 Å². The Morgan fingerprint density at radius 1 is 1.18 bits per heavy atom. The number of anilines is 1. The van der Waals surface area contributed by atoms with Crippen LogP contribution in [0, 0.1) is 19.8 Å². The fourth-order valence-corrected chi connectivity index (χ4v) is 4.43. The van der Waals surface area contributed by atoms with Crippen LogP contribution < -0.4 is 5.73 Å². The molecular formula is C24H27N3O. The maximum absolute atomic E-state index is 12.9.